The summed E-state index contributed by atoms with van der Waals surface area (Å²) < 4.78 is 0. The third-order valence-corrected chi connectivity index (χ3v) is 2.87. The second-order valence-electron chi connectivity index (χ2n) is 4.50. The van der Waals surface area contributed by atoms with Gasteiger partial charge < -0.3 is 10.6 Å². The number of hydrogen-bond acceptors (Lipinski definition) is 5. The van der Waals surface area contributed by atoms with E-state index in [1.807, 2.05) is 6.92 Å². The largest absolute Gasteiger partial charge is 0.352 e. The SMILES string of the molecule is CCCNC(=O)c1ccc(NC(C#N)=C(C#N)C#N)c(C)c1. The average Bonchev–Trinajstić information content (AvgIpc) is 2.53. The maximum atomic E-state index is 11.9. The van der Waals surface area contributed by atoms with Gasteiger partial charge in [-0.2, -0.15) is 15.8 Å². The number of anilines is 1. The van der Waals surface area contributed by atoms with Crippen LogP contribution in [0.15, 0.2) is 29.5 Å². The maximum Gasteiger partial charge on any atom is 0.251 e. The lowest BCUT2D eigenvalue weighted by Gasteiger charge is -2.10. The molecule has 0 radical (unpaired) electrons. The zero-order valence-electron chi connectivity index (χ0n) is 12.4. The summed E-state index contributed by atoms with van der Waals surface area (Å²) in [7, 11) is 0. The van der Waals surface area contributed by atoms with Crippen LogP contribution in [0.1, 0.15) is 29.3 Å². The summed E-state index contributed by atoms with van der Waals surface area (Å²) >= 11 is 0. The number of nitriles is 3. The van der Waals surface area contributed by atoms with Gasteiger partial charge in [-0.25, -0.2) is 0 Å². The van der Waals surface area contributed by atoms with Gasteiger partial charge in [-0.05, 0) is 37.1 Å². The Kier molecular flexibility index (Phi) is 6.16. The van der Waals surface area contributed by atoms with E-state index in [-0.39, 0.29) is 17.2 Å². The first kappa shape index (κ1) is 16.8. The minimum absolute atomic E-state index is 0.115. The number of carbonyl (C=O) groups excluding carboxylic acids is 1. The molecule has 0 aromatic heterocycles. The molecule has 6 heteroatoms. The minimum atomic E-state index is -0.285. The molecule has 0 saturated carbocycles. The molecule has 0 aliphatic rings. The van der Waals surface area contributed by atoms with E-state index in [4.69, 9.17) is 15.8 Å². The van der Waals surface area contributed by atoms with Crippen molar-refractivity contribution < 1.29 is 4.79 Å². The van der Waals surface area contributed by atoms with Gasteiger partial charge in [0, 0.05) is 17.8 Å². The highest BCUT2D eigenvalue weighted by atomic mass is 16.1. The van der Waals surface area contributed by atoms with E-state index in [0.717, 1.165) is 12.0 Å². The van der Waals surface area contributed by atoms with Crippen LogP contribution in [0.3, 0.4) is 0 Å². The van der Waals surface area contributed by atoms with E-state index in [0.29, 0.717) is 17.8 Å². The topological polar surface area (TPSA) is 112 Å². The summed E-state index contributed by atoms with van der Waals surface area (Å²) in [6, 6.07) is 10.1. The normalized spacial score (nSPS) is 8.86. The Labute approximate surface area is 129 Å². The summed E-state index contributed by atoms with van der Waals surface area (Å²) in [5, 5.41) is 32.1. The molecule has 2 N–H and O–H groups in total. The smallest absolute Gasteiger partial charge is 0.251 e. The number of carbonyl (C=O) groups is 1. The van der Waals surface area contributed by atoms with Gasteiger partial charge in [0.1, 0.15) is 23.9 Å². The number of hydrogen-bond donors (Lipinski definition) is 2. The Hall–Kier alpha value is -3.30. The van der Waals surface area contributed by atoms with Crippen molar-refractivity contribution >= 4 is 11.6 Å². The van der Waals surface area contributed by atoms with Crippen molar-refractivity contribution in [3.63, 3.8) is 0 Å². The summed E-state index contributed by atoms with van der Waals surface area (Å²) in [6.07, 6.45) is 0.853. The Balaban J connectivity index is 3.04. The van der Waals surface area contributed by atoms with E-state index in [9.17, 15) is 4.79 Å². The lowest BCUT2D eigenvalue weighted by molar-refractivity contribution is 0.0953. The maximum absolute atomic E-state index is 11.9. The third-order valence-electron chi connectivity index (χ3n) is 2.87. The molecule has 0 spiro atoms. The van der Waals surface area contributed by atoms with Crippen LogP contribution in [0.4, 0.5) is 5.69 Å². The van der Waals surface area contributed by atoms with Crippen LogP contribution in [0.2, 0.25) is 0 Å². The summed E-state index contributed by atoms with van der Waals surface area (Å²) in [5.41, 5.74) is 1.40. The van der Waals surface area contributed by atoms with Crippen molar-refractivity contribution in [2.75, 3.05) is 11.9 Å². The Morgan fingerprint density at radius 1 is 1.18 bits per heavy atom. The highest BCUT2D eigenvalue weighted by molar-refractivity contribution is 5.94. The molecule has 1 rings (SSSR count). The molecule has 6 nitrogen and oxygen atoms in total. The van der Waals surface area contributed by atoms with Gasteiger partial charge in [0.2, 0.25) is 0 Å². The predicted molar refractivity (Wildman–Crippen MR) is 81.3 cm³/mol. The Morgan fingerprint density at radius 2 is 1.86 bits per heavy atom. The van der Waals surface area contributed by atoms with Crippen molar-refractivity contribution in [2.45, 2.75) is 20.3 Å². The monoisotopic (exact) mass is 293 g/mol. The number of rotatable bonds is 5. The molecule has 0 unspecified atom stereocenters. The quantitative estimate of drug-likeness (QED) is 0.809. The molecule has 0 heterocycles. The van der Waals surface area contributed by atoms with Gasteiger partial charge >= 0.3 is 0 Å². The Bertz CT molecular complexity index is 712. The average molecular weight is 293 g/mol. The first-order valence-corrected chi connectivity index (χ1v) is 6.67. The molecule has 0 aliphatic heterocycles. The lowest BCUT2D eigenvalue weighted by atomic mass is 10.1. The van der Waals surface area contributed by atoms with Crippen LogP contribution in [0.5, 0.6) is 0 Å². The van der Waals surface area contributed by atoms with Crippen LogP contribution < -0.4 is 10.6 Å². The van der Waals surface area contributed by atoms with E-state index in [1.54, 1.807) is 43.3 Å². The van der Waals surface area contributed by atoms with Crippen molar-refractivity contribution in [3.05, 3.63) is 40.6 Å². The molecule has 1 aromatic rings. The number of amides is 1. The number of nitrogens with zero attached hydrogens (tertiary/aromatic N) is 3. The van der Waals surface area contributed by atoms with Crippen LogP contribution in [-0.2, 0) is 0 Å². The van der Waals surface area contributed by atoms with Gasteiger partial charge in [0.25, 0.3) is 5.91 Å². The van der Waals surface area contributed by atoms with Crippen LogP contribution in [0, 0.1) is 40.9 Å². The van der Waals surface area contributed by atoms with E-state index in [1.165, 1.54) is 0 Å². The van der Waals surface area contributed by atoms with Crippen molar-refractivity contribution in [2.24, 2.45) is 0 Å². The van der Waals surface area contributed by atoms with Crippen LogP contribution in [0.25, 0.3) is 0 Å². The first-order valence-electron chi connectivity index (χ1n) is 6.67. The van der Waals surface area contributed by atoms with E-state index >= 15 is 0 Å². The zero-order valence-corrected chi connectivity index (χ0v) is 12.4. The van der Waals surface area contributed by atoms with Crippen molar-refractivity contribution in [1.82, 2.24) is 5.32 Å². The summed E-state index contributed by atoms with van der Waals surface area (Å²) in [6.45, 7) is 4.34. The molecular weight excluding hydrogens is 278 g/mol. The fourth-order valence-electron chi connectivity index (χ4n) is 1.70. The number of aryl methyl sites for hydroxylation is 1. The van der Waals surface area contributed by atoms with Crippen molar-refractivity contribution in [3.8, 4) is 18.2 Å². The standard InChI is InChI=1S/C16H15N5O/c1-3-6-20-16(22)12-4-5-14(11(2)7-12)21-15(10-19)13(8-17)9-18/h4-5,7,21H,3,6H2,1-2H3,(H,20,22). The van der Waals surface area contributed by atoms with Gasteiger partial charge in [-0.15, -0.1) is 0 Å². The second kappa shape index (κ2) is 8.09. The predicted octanol–water partition coefficient (Wildman–Crippen LogP) is 2.37. The molecule has 0 bridgehead atoms. The first-order chi connectivity index (χ1) is 10.6. The van der Waals surface area contributed by atoms with Crippen molar-refractivity contribution in [1.29, 1.82) is 15.8 Å². The van der Waals surface area contributed by atoms with Crippen LogP contribution >= 0.6 is 0 Å². The summed E-state index contributed by atoms with van der Waals surface area (Å²) in [5.74, 6) is -0.165. The molecule has 22 heavy (non-hydrogen) atoms. The Morgan fingerprint density at radius 3 is 2.36 bits per heavy atom. The fraction of sp³-hybridized carbons (Fsp3) is 0.250. The highest BCUT2D eigenvalue weighted by Gasteiger charge is 2.10. The minimum Gasteiger partial charge on any atom is -0.352 e. The van der Waals surface area contributed by atoms with Crippen LogP contribution in [-0.4, -0.2) is 12.5 Å². The molecule has 0 fully saturated rings. The molecule has 0 aliphatic carbocycles. The van der Waals surface area contributed by atoms with Gasteiger partial charge in [0.15, 0.2) is 5.57 Å². The van der Waals surface area contributed by atoms with E-state index in [2.05, 4.69) is 10.6 Å². The van der Waals surface area contributed by atoms with Gasteiger partial charge in [-0.1, -0.05) is 6.92 Å². The second-order valence-corrected chi connectivity index (χ2v) is 4.50. The fourth-order valence-corrected chi connectivity index (χ4v) is 1.70. The van der Waals surface area contributed by atoms with Gasteiger partial charge in [-0.3, -0.25) is 4.79 Å². The van der Waals surface area contributed by atoms with E-state index < -0.39 is 0 Å². The number of allylic oxidation sites excluding steroid dienone is 2. The summed E-state index contributed by atoms with van der Waals surface area (Å²) in [4.78, 5) is 11.9. The third kappa shape index (κ3) is 4.10. The lowest BCUT2D eigenvalue weighted by Crippen LogP contribution is -2.24. The van der Waals surface area contributed by atoms with Gasteiger partial charge in [0.05, 0.1) is 0 Å². The molecule has 0 atom stereocenters. The molecule has 110 valence electrons. The zero-order chi connectivity index (χ0) is 16.5. The molecule has 1 aromatic carbocycles. The molecule has 0 saturated heterocycles. The number of benzene rings is 1. The number of nitrogens with one attached hydrogen (secondary N) is 2. The molecule has 1 amide bonds. The molecular formula is C16H15N5O. The highest BCUT2D eigenvalue weighted by Crippen LogP contribution is 2.19.